The molecule has 1 unspecified atom stereocenters. The number of para-hydroxylation sites is 5. The van der Waals surface area contributed by atoms with Crippen LogP contribution in [0.5, 0.6) is 0 Å². The Labute approximate surface area is 428 Å². The van der Waals surface area contributed by atoms with E-state index >= 15 is 0 Å². The maximum Gasteiger partial charge on any atom is 0.135 e. The summed E-state index contributed by atoms with van der Waals surface area (Å²) in [5.74, 6) is 0. The summed E-state index contributed by atoms with van der Waals surface area (Å²) in [6.45, 7) is 0. The van der Waals surface area contributed by atoms with Gasteiger partial charge in [0, 0.05) is 38.4 Å². The first-order valence-electron chi connectivity index (χ1n) is 25.6. The number of aromatic nitrogens is 1. The van der Waals surface area contributed by atoms with Crippen LogP contribution in [0.25, 0.3) is 105 Å². The number of anilines is 3. The normalized spacial score (nSPS) is 14.3. The highest BCUT2D eigenvalue weighted by Crippen LogP contribution is 2.63. The van der Waals surface area contributed by atoms with Gasteiger partial charge in [-0.2, -0.15) is 0 Å². The number of nitrogens with zero attached hydrogens (tertiary/aromatic N) is 2. The molecule has 1 atom stereocenters. The van der Waals surface area contributed by atoms with Gasteiger partial charge in [0.05, 0.1) is 33.5 Å². The van der Waals surface area contributed by atoms with Gasteiger partial charge in [-0.3, -0.25) is 0 Å². The highest BCUT2D eigenvalue weighted by Gasteiger charge is 2.51. The lowest BCUT2D eigenvalue weighted by Gasteiger charge is -2.39. The standard InChI is InChI=1S/C71H44N2O/c1-2-20-49-46(18-1)19-15-27-50(49)51-21-3-4-22-52(51)53-23-6-11-33-63(53)72(48-41-38-45(39-42-48)47-40-43-68-58(44-47)55-25-8-14-37-67(55)74-68)66-36-17-31-61-69(66)57-26-5-9-29-59(57)71(61)60-30-10-13-35-65(60)73-64-34-12-7-24-54(64)56-28-16-32-62(71)70(56)73/h1-44H. The molecule has 0 N–H and O–H groups in total. The molecule has 0 saturated carbocycles. The van der Waals surface area contributed by atoms with Crippen molar-refractivity contribution in [1.29, 1.82) is 0 Å². The van der Waals surface area contributed by atoms with Crippen LogP contribution in [0, 0.1) is 0 Å². The average Bonchev–Trinajstić information content (AvgIpc) is 4.14. The maximum absolute atomic E-state index is 6.26. The topological polar surface area (TPSA) is 21.3 Å². The van der Waals surface area contributed by atoms with Gasteiger partial charge in [-0.1, -0.05) is 212 Å². The highest BCUT2D eigenvalue weighted by molar-refractivity contribution is 6.14. The van der Waals surface area contributed by atoms with Crippen LogP contribution in [-0.4, -0.2) is 4.57 Å². The molecule has 74 heavy (non-hydrogen) atoms. The molecule has 1 aliphatic carbocycles. The van der Waals surface area contributed by atoms with Crippen molar-refractivity contribution in [2.24, 2.45) is 0 Å². The quantitative estimate of drug-likeness (QED) is 0.166. The molecular weight excluding hydrogens is 897 g/mol. The molecule has 0 radical (unpaired) electrons. The fourth-order valence-electron chi connectivity index (χ4n) is 13.2. The number of hydrogen-bond acceptors (Lipinski definition) is 2. The second-order valence-electron chi connectivity index (χ2n) is 19.8. The van der Waals surface area contributed by atoms with Crippen molar-refractivity contribution in [3.05, 3.63) is 289 Å². The molecule has 0 saturated heterocycles. The summed E-state index contributed by atoms with van der Waals surface area (Å²) in [7, 11) is 0. The van der Waals surface area contributed by atoms with Crippen LogP contribution in [-0.2, 0) is 5.41 Å². The first kappa shape index (κ1) is 41.0. The third kappa shape index (κ3) is 5.61. The third-order valence-corrected chi connectivity index (χ3v) is 16.2. The summed E-state index contributed by atoms with van der Waals surface area (Å²) in [5, 5.41) is 7.25. The summed E-state index contributed by atoms with van der Waals surface area (Å²) in [6.07, 6.45) is 0. The van der Waals surface area contributed by atoms with Crippen LogP contribution in [0.1, 0.15) is 22.3 Å². The minimum Gasteiger partial charge on any atom is -0.456 e. The summed E-state index contributed by atoms with van der Waals surface area (Å²) in [4.78, 5) is 2.53. The Bertz CT molecular complexity index is 4620. The first-order valence-corrected chi connectivity index (χ1v) is 25.6. The van der Waals surface area contributed by atoms with Crippen LogP contribution in [0.3, 0.4) is 0 Å². The summed E-state index contributed by atoms with van der Waals surface area (Å²) in [5.41, 5.74) is 22.8. The lowest BCUT2D eigenvalue weighted by Crippen LogP contribution is -2.33. The fraction of sp³-hybridized carbons (Fsp3) is 0.0141. The van der Waals surface area contributed by atoms with Gasteiger partial charge in [0.25, 0.3) is 0 Å². The highest BCUT2D eigenvalue weighted by atomic mass is 16.3. The van der Waals surface area contributed by atoms with E-state index in [4.69, 9.17) is 4.42 Å². The zero-order chi connectivity index (χ0) is 48.5. The average molecular weight is 941 g/mol. The van der Waals surface area contributed by atoms with E-state index in [1.54, 1.807) is 0 Å². The van der Waals surface area contributed by atoms with E-state index in [-0.39, 0.29) is 0 Å². The van der Waals surface area contributed by atoms with Crippen LogP contribution in [0.2, 0.25) is 0 Å². The Morgan fingerprint density at radius 3 is 1.78 bits per heavy atom. The van der Waals surface area contributed by atoms with Gasteiger partial charge in [0.2, 0.25) is 0 Å². The molecule has 0 fully saturated rings. The lowest BCUT2D eigenvalue weighted by atomic mass is 9.65. The molecule has 3 nitrogen and oxygen atoms in total. The van der Waals surface area contributed by atoms with E-state index in [2.05, 4.69) is 264 Å². The largest absolute Gasteiger partial charge is 0.456 e. The zero-order valence-electron chi connectivity index (χ0n) is 40.2. The molecule has 344 valence electrons. The van der Waals surface area contributed by atoms with Gasteiger partial charge >= 0.3 is 0 Å². The smallest absolute Gasteiger partial charge is 0.135 e. The molecule has 2 aliphatic rings. The summed E-state index contributed by atoms with van der Waals surface area (Å²) >= 11 is 0. The lowest BCUT2D eigenvalue weighted by molar-refractivity contribution is 0.669. The van der Waals surface area contributed by atoms with Gasteiger partial charge < -0.3 is 13.9 Å². The zero-order valence-corrected chi connectivity index (χ0v) is 40.2. The first-order chi connectivity index (χ1) is 36.7. The molecule has 12 aromatic carbocycles. The second-order valence-corrected chi connectivity index (χ2v) is 19.8. The van der Waals surface area contributed by atoms with E-state index in [9.17, 15) is 0 Å². The van der Waals surface area contributed by atoms with Crippen LogP contribution in [0.4, 0.5) is 17.1 Å². The third-order valence-electron chi connectivity index (χ3n) is 16.2. The van der Waals surface area contributed by atoms with E-state index in [0.29, 0.717) is 0 Å². The van der Waals surface area contributed by atoms with Crippen molar-refractivity contribution >= 4 is 71.6 Å². The second kappa shape index (κ2) is 15.6. The molecule has 16 rings (SSSR count). The predicted molar refractivity (Wildman–Crippen MR) is 307 cm³/mol. The number of rotatable bonds is 6. The number of hydrogen-bond donors (Lipinski definition) is 0. The molecule has 0 bridgehead atoms. The number of benzene rings is 12. The Kier molecular flexibility index (Phi) is 8.66. The number of furan rings is 1. The molecule has 2 aromatic heterocycles. The van der Waals surface area contributed by atoms with Crippen LogP contribution < -0.4 is 4.90 Å². The van der Waals surface area contributed by atoms with Gasteiger partial charge in [-0.05, 0) is 121 Å². The van der Waals surface area contributed by atoms with E-state index in [0.717, 1.165) is 55.7 Å². The van der Waals surface area contributed by atoms with Crippen molar-refractivity contribution in [2.45, 2.75) is 5.41 Å². The van der Waals surface area contributed by atoms with Gasteiger partial charge in [-0.25, -0.2) is 0 Å². The summed E-state index contributed by atoms with van der Waals surface area (Å²) < 4.78 is 8.78. The Morgan fingerprint density at radius 1 is 0.338 bits per heavy atom. The van der Waals surface area contributed by atoms with E-state index in [1.165, 1.54) is 88.3 Å². The van der Waals surface area contributed by atoms with Crippen LogP contribution in [0.15, 0.2) is 271 Å². The monoisotopic (exact) mass is 940 g/mol. The van der Waals surface area contributed by atoms with Crippen molar-refractivity contribution in [2.75, 3.05) is 4.90 Å². The van der Waals surface area contributed by atoms with Gasteiger partial charge in [-0.15, -0.1) is 0 Å². The summed E-state index contributed by atoms with van der Waals surface area (Å²) in [6, 6.07) is 98.7. The Hall–Kier alpha value is -9.70. The molecule has 0 amide bonds. The van der Waals surface area contributed by atoms with Gasteiger partial charge in [0.1, 0.15) is 11.2 Å². The van der Waals surface area contributed by atoms with Crippen molar-refractivity contribution in [3.8, 4) is 50.2 Å². The van der Waals surface area contributed by atoms with Crippen molar-refractivity contribution in [3.63, 3.8) is 0 Å². The minimum absolute atomic E-state index is 0.603. The van der Waals surface area contributed by atoms with Crippen LogP contribution >= 0.6 is 0 Å². The maximum atomic E-state index is 6.26. The molecule has 14 aromatic rings. The van der Waals surface area contributed by atoms with Crippen molar-refractivity contribution < 1.29 is 4.42 Å². The molecule has 1 aliphatic heterocycles. The Balaban J connectivity index is 0.963. The number of fused-ring (bicyclic) bond motifs is 16. The Morgan fingerprint density at radius 2 is 0.905 bits per heavy atom. The van der Waals surface area contributed by atoms with E-state index < -0.39 is 5.41 Å². The molecule has 3 heteroatoms. The van der Waals surface area contributed by atoms with Crippen molar-refractivity contribution in [1.82, 2.24) is 4.57 Å². The predicted octanol–water partition coefficient (Wildman–Crippen LogP) is 19.0. The molecule has 1 spiro atoms. The molecule has 3 heterocycles. The minimum atomic E-state index is -0.603. The SMILES string of the molecule is c1ccc(-c2cccc3ccccc23)c(-c2ccccc2N(c2ccc(-c3ccc4oc5ccccc5c4c3)cc2)c2cccc3c2-c2ccccc2C32c3ccccc3-n3c4ccccc4c4cccc2c43)c1. The fourth-order valence-corrected chi connectivity index (χ4v) is 13.2. The van der Waals surface area contributed by atoms with E-state index in [1.807, 2.05) is 12.1 Å². The van der Waals surface area contributed by atoms with Gasteiger partial charge in [0.15, 0.2) is 0 Å². The molecular formula is C71H44N2O.